The number of anilines is 1. The van der Waals surface area contributed by atoms with Crippen LogP contribution in [0.4, 0.5) is 5.69 Å². The van der Waals surface area contributed by atoms with Crippen molar-refractivity contribution in [3.8, 4) is 0 Å². The molecule has 0 bridgehead atoms. The van der Waals surface area contributed by atoms with Crippen LogP contribution in [0.3, 0.4) is 0 Å². The maximum absolute atomic E-state index is 3.54. The van der Waals surface area contributed by atoms with Crippen molar-refractivity contribution in [1.29, 1.82) is 0 Å². The van der Waals surface area contributed by atoms with Crippen LogP contribution < -0.4 is 10.2 Å². The Kier molecular flexibility index (Phi) is 4.65. The maximum atomic E-state index is 3.54. The average molecular weight is 246 g/mol. The summed E-state index contributed by atoms with van der Waals surface area (Å²) in [6.07, 6.45) is 4.07. The molecule has 1 aromatic rings. The van der Waals surface area contributed by atoms with Crippen LogP contribution in [0.5, 0.6) is 0 Å². The highest BCUT2D eigenvalue weighted by molar-refractivity contribution is 5.59. The minimum absolute atomic E-state index is 0.541. The van der Waals surface area contributed by atoms with Gasteiger partial charge in [0.25, 0.3) is 0 Å². The van der Waals surface area contributed by atoms with Crippen LogP contribution >= 0.6 is 0 Å². The van der Waals surface area contributed by atoms with E-state index >= 15 is 0 Å². The molecule has 1 heterocycles. The van der Waals surface area contributed by atoms with E-state index in [-0.39, 0.29) is 0 Å². The number of piperidine rings is 1. The van der Waals surface area contributed by atoms with Gasteiger partial charge < -0.3 is 10.2 Å². The first-order valence-electron chi connectivity index (χ1n) is 7.25. The van der Waals surface area contributed by atoms with Gasteiger partial charge in [0.15, 0.2) is 0 Å². The molecule has 1 aliphatic heterocycles. The first kappa shape index (κ1) is 13.4. The van der Waals surface area contributed by atoms with E-state index in [4.69, 9.17) is 0 Å². The molecule has 1 aromatic carbocycles. The molecule has 2 nitrogen and oxygen atoms in total. The third-order valence-corrected chi connectivity index (χ3v) is 3.69. The van der Waals surface area contributed by atoms with Crippen molar-refractivity contribution in [3.63, 3.8) is 0 Å². The second kappa shape index (κ2) is 6.24. The van der Waals surface area contributed by atoms with Crippen molar-refractivity contribution in [2.45, 2.75) is 52.6 Å². The molecule has 2 rings (SSSR count). The number of nitrogens with zero attached hydrogens (tertiary/aromatic N) is 1. The summed E-state index contributed by atoms with van der Waals surface area (Å²) in [5, 5.41) is 3.54. The Hall–Kier alpha value is -1.02. The fraction of sp³-hybridized carbons (Fsp3) is 0.625. The molecule has 0 atom stereocenters. The van der Waals surface area contributed by atoms with Crippen molar-refractivity contribution in [2.75, 3.05) is 18.0 Å². The summed E-state index contributed by atoms with van der Waals surface area (Å²) < 4.78 is 0. The lowest BCUT2D eigenvalue weighted by Gasteiger charge is -2.32. The third kappa shape index (κ3) is 3.26. The molecule has 0 unspecified atom stereocenters. The number of aryl methyl sites for hydroxylation is 1. The Morgan fingerprint density at radius 2 is 1.89 bits per heavy atom. The number of nitrogens with one attached hydrogen (secondary N) is 1. The molecule has 0 amide bonds. The van der Waals surface area contributed by atoms with Crippen LogP contribution in [-0.4, -0.2) is 19.1 Å². The highest BCUT2D eigenvalue weighted by atomic mass is 15.1. The predicted molar refractivity (Wildman–Crippen MR) is 79.2 cm³/mol. The van der Waals surface area contributed by atoms with Crippen LogP contribution in [0.25, 0.3) is 0 Å². The molecule has 0 saturated carbocycles. The van der Waals surface area contributed by atoms with Gasteiger partial charge in [-0.15, -0.1) is 0 Å². The molecular weight excluding hydrogens is 220 g/mol. The normalized spacial score (nSPS) is 16.3. The van der Waals surface area contributed by atoms with Crippen LogP contribution in [-0.2, 0) is 6.54 Å². The molecule has 1 fully saturated rings. The van der Waals surface area contributed by atoms with Crippen molar-refractivity contribution in [3.05, 3.63) is 29.3 Å². The molecule has 0 spiro atoms. The van der Waals surface area contributed by atoms with Crippen molar-refractivity contribution in [1.82, 2.24) is 5.32 Å². The van der Waals surface area contributed by atoms with Crippen LogP contribution in [0.2, 0.25) is 0 Å². The minimum atomic E-state index is 0.541. The lowest BCUT2D eigenvalue weighted by molar-refractivity contribution is 0.565. The quantitative estimate of drug-likeness (QED) is 0.875. The smallest absolute Gasteiger partial charge is 0.0441 e. The summed E-state index contributed by atoms with van der Waals surface area (Å²) >= 11 is 0. The predicted octanol–water partition coefficient (Wildman–Crippen LogP) is 3.48. The highest BCUT2D eigenvalue weighted by Crippen LogP contribution is 2.28. The van der Waals surface area contributed by atoms with Gasteiger partial charge in [0, 0.05) is 31.4 Å². The Bertz CT molecular complexity index is 379. The maximum Gasteiger partial charge on any atom is 0.0441 e. The lowest BCUT2D eigenvalue weighted by Crippen LogP contribution is -2.32. The summed E-state index contributed by atoms with van der Waals surface area (Å²) in [5.74, 6) is 0. The van der Waals surface area contributed by atoms with Gasteiger partial charge >= 0.3 is 0 Å². The van der Waals surface area contributed by atoms with E-state index in [1.807, 2.05) is 0 Å². The molecule has 1 aliphatic rings. The molecule has 0 aliphatic carbocycles. The molecule has 1 saturated heterocycles. The van der Waals surface area contributed by atoms with Gasteiger partial charge in [-0.2, -0.15) is 0 Å². The summed E-state index contributed by atoms with van der Waals surface area (Å²) in [6, 6.07) is 7.23. The molecular formula is C16H26N2. The standard InChI is InChI=1S/C16H26N2/c1-13(2)17-12-15-9-7-8-14(3)16(15)18-10-5-4-6-11-18/h7-9,13,17H,4-6,10-12H2,1-3H3. The number of hydrogen-bond donors (Lipinski definition) is 1. The van der Waals surface area contributed by atoms with E-state index in [0.717, 1.165) is 6.54 Å². The second-order valence-corrected chi connectivity index (χ2v) is 5.67. The molecule has 100 valence electrons. The fourth-order valence-electron chi connectivity index (χ4n) is 2.75. The first-order valence-corrected chi connectivity index (χ1v) is 7.25. The SMILES string of the molecule is Cc1cccc(CNC(C)C)c1N1CCCCC1. The Morgan fingerprint density at radius 3 is 2.56 bits per heavy atom. The fourth-order valence-corrected chi connectivity index (χ4v) is 2.75. The topological polar surface area (TPSA) is 15.3 Å². The van der Waals surface area contributed by atoms with Gasteiger partial charge in [-0.3, -0.25) is 0 Å². The number of benzene rings is 1. The molecule has 18 heavy (non-hydrogen) atoms. The molecule has 0 aromatic heterocycles. The minimum Gasteiger partial charge on any atom is -0.371 e. The molecule has 0 radical (unpaired) electrons. The zero-order chi connectivity index (χ0) is 13.0. The highest BCUT2D eigenvalue weighted by Gasteiger charge is 2.16. The average Bonchev–Trinajstić information content (AvgIpc) is 2.37. The van der Waals surface area contributed by atoms with Gasteiger partial charge in [-0.25, -0.2) is 0 Å². The van der Waals surface area contributed by atoms with Gasteiger partial charge in [0.2, 0.25) is 0 Å². The summed E-state index contributed by atoms with van der Waals surface area (Å²) in [4.78, 5) is 2.58. The number of hydrogen-bond acceptors (Lipinski definition) is 2. The van der Waals surface area contributed by atoms with Crippen molar-refractivity contribution >= 4 is 5.69 Å². The van der Waals surface area contributed by atoms with Gasteiger partial charge in [0.1, 0.15) is 0 Å². The zero-order valence-corrected chi connectivity index (χ0v) is 12.0. The first-order chi connectivity index (χ1) is 8.68. The van der Waals surface area contributed by atoms with E-state index in [1.54, 1.807) is 0 Å². The summed E-state index contributed by atoms with van der Waals surface area (Å²) in [7, 11) is 0. The van der Waals surface area contributed by atoms with Crippen LogP contribution in [0.1, 0.15) is 44.2 Å². The largest absolute Gasteiger partial charge is 0.371 e. The van der Waals surface area contributed by atoms with E-state index in [9.17, 15) is 0 Å². The van der Waals surface area contributed by atoms with E-state index in [2.05, 4.69) is 49.2 Å². The van der Waals surface area contributed by atoms with E-state index in [1.165, 1.54) is 49.2 Å². The van der Waals surface area contributed by atoms with E-state index < -0.39 is 0 Å². The Labute approximate surface area is 111 Å². The number of rotatable bonds is 4. The lowest BCUT2D eigenvalue weighted by atomic mass is 10.0. The van der Waals surface area contributed by atoms with Crippen LogP contribution in [0.15, 0.2) is 18.2 Å². The van der Waals surface area contributed by atoms with Crippen molar-refractivity contribution < 1.29 is 0 Å². The second-order valence-electron chi connectivity index (χ2n) is 5.67. The van der Waals surface area contributed by atoms with E-state index in [0.29, 0.717) is 6.04 Å². The van der Waals surface area contributed by atoms with Crippen LogP contribution in [0, 0.1) is 6.92 Å². The third-order valence-electron chi connectivity index (χ3n) is 3.69. The summed E-state index contributed by atoms with van der Waals surface area (Å²) in [6.45, 7) is 10.1. The number of para-hydroxylation sites is 1. The summed E-state index contributed by atoms with van der Waals surface area (Å²) in [5.41, 5.74) is 4.34. The Balaban J connectivity index is 2.19. The Morgan fingerprint density at radius 1 is 1.17 bits per heavy atom. The zero-order valence-electron chi connectivity index (χ0n) is 12.0. The molecule has 2 heteroatoms. The monoisotopic (exact) mass is 246 g/mol. The van der Waals surface area contributed by atoms with Gasteiger partial charge in [-0.1, -0.05) is 32.0 Å². The van der Waals surface area contributed by atoms with Crippen molar-refractivity contribution in [2.24, 2.45) is 0 Å². The van der Waals surface area contributed by atoms with Gasteiger partial charge in [0.05, 0.1) is 0 Å². The molecule has 1 N–H and O–H groups in total. The van der Waals surface area contributed by atoms with Gasteiger partial charge in [-0.05, 0) is 37.3 Å².